The van der Waals surface area contributed by atoms with Gasteiger partial charge < -0.3 is 5.32 Å². The zero-order valence-electron chi connectivity index (χ0n) is 17.1. The fraction of sp³-hybridized carbons (Fsp3) is 0.0833. The zero-order valence-corrected chi connectivity index (χ0v) is 20.2. The van der Waals surface area contributed by atoms with E-state index in [0.29, 0.717) is 10.7 Å². The van der Waals surface area contributed by atoms with E-state index in [0.717, 1.165) is 20.9 Å². The zero-order chi connectivity index (χ0) is 23.0. The summed E-state index contributed by atoms with van der Waals surface area (Å²) in [7, 11) is 0. The lowest BCUT2D eigenvalue weighted by molar-refractivity contribution is -0.120. The smallest absolute Gasteiger partial charge is 0.283 e. The number of rotatable bonds is 5. The molecule has 0 aromatic heterocycles. The number of imide groups is 1. The Labute approximate surface area is 205 Å². The van der Waals surface area contributed by atoms with Gasteiger partial charge in [-0.15, -0.1) is 0 Å². The van der Waals surface area contributed by atoms with E-state index in [-0.39, 0.29) is 26.3 Å². The van der Waals surface area contributed by atoms with Crippen molar-refractivity contribution in [3.8, 4) is 0 Å². The molecular formula is C24H17Cl3N2O2S. The molecule has 1 N–H and O–H groups in total. The van der Waals surface area contributed by atoms with Gasteiger partial charge in [-0.05, 0) is 73.5 Å². The third-order valence-corrected chi connectivity index (χ3v) is 6.89. The summed E-state index contributed by atoms with van der Waals surface area (Å²) in [5.41, 5.74) is 3.20. The quantitative estimate of drug-likeness (QED) is 0.372. The number of carbonyl (C=O) groups is 2. The van der Waals surface area contributed by atoms with Crippen LogP contribution in [0.4, 0.5) is 11.4 Å². The predicted molar refractivity (Wildman–Crippen MR) is 133 cm³/mol. The highest BCUT2D eigenvalue weighted by atomic mass is 35.5. The minimum Gasteiger partial charge on any atom is -0.350 e. The molecule has 1 aliphatic heterocycles. The highest BCUT2D eigenvalue weighted by molar-refractivity contribution is 8.04. The van der Waals surface area contributed by atoms with Crippen molar-refractivity contribution in [1.82, 2.24) is 0 Å². The van der Waals surface area contributed by atoms with Crippen molar-refractivity contribution < 1.29 is 9.59 Å². The normalized spacial score (nSPS) is 13.8. The van der Waals surface area contributed by atoms with Crippen LogP contribution in [0.5, 0.6) is 0 Å². The molecule has 8 heteroatoms. The third kappa shape index (κ3) is 4.52. The number of hydrogen-bond donors (Lipinski definition) is 1. The summed E-state index contributed by atoms with van der Waals surface area (Å²) >= 11 is 19.7. The number of halogens is 3. The number of aryl methyl sites for hydroxylation is 2. The van der Waals surface area contributed by atoms with Crippen molar-refractivity contribution in [1.29, 1.82) is 0 Å². The van der Waals surface area contributed by atoms with E-state index in [2.05, 4.69) is 5.32 Å². The number of benzene rings is 3. The number of amides is 2. The average molecular weight is 504 g/mol. The average Bonchev–Trinajstić information content (AvgIpc) is 2.95. The molecule has 0 aliphatic carbocycles. The summed E-state index contributed by atoms with van der Waals surface area (Å²) < 4.78 is 0. The second kappa shape index (κ2) is 9.20. The predicted octanol–water partition coefficient (Wildman–Crippen LogP) is 7.25. The Morgan fingerprint density at radius 2 is 1.50 bits per heavy atom. The van der Waals surface area contributed by atoms with Crippen LogP contribution in [0.15, 0.2) is 76.2 Å². The molecular weight excluding hydrogens is 487 g/mol. The maximum Gasteiger partial charge on any atom is 0.283 e. The summed E-state index contributed by atoms with van der Waals surface area (Å²) in [6.07, 6.45) is 0. The topological polar surface area (TPSA) is 49.4 Å². The molecule has 162 valence electrons. The molecule has 1 heterocycles. The molecule has 3 aromatic rings. The van der Waals surface area contributed by atoms with Crippen LogP contribution in [0.3, 0.4) is 0 Å². The number of anilines is 2. The second-order valence-corrected chi connectivity index (χ2v) is 9.59. The largest absolute Gasteiger partial charge is 0.350 e. The van der Waals surface area contributed by atoms with Gasteiger partial charge in [-0.2, -0.15) is 0 Å². The molecule has 0 unspecified atom stereocenters. The molecule has 0 saturated carbocycles. The molecule has 0 spiro atoms. The molecule has 32 heavy (non-hydrogen) atoms. The highest BCUT2D eigenvalue weighted by Gasteiger charge is 2.41. The summed E-state index contributed by atoms with van der Waals surface area (Å²) in [5.74, 6) is -0.985. The molecule has 0 saturated heterocycles. The first-order chi connectivity index (χ1) is 15.2. The van der Waals surface area contributed by atoms with Crippen LogP contribution >= 0.6 is 46.6 Å². The third-order valence-electron chi connectivity index (χ3n) is 4.74. The number of hydrogen-bond acceptors (Lipinski definition) is 4. The number of nitrogens with zero attached hydrogens (tertiary/aromatic N) is 1. The molecule has 2 amide bonds. The number of carbonyl (C=O) groups excluding carboxylic acids is 2. The summed E-state index contributed by atoms with van der Waals surface area (Å²) in [6.45, 7) is 3.94. The van der Waals surface area contributed by atoms with Crippen molar-refractivity contribution >= 4 is 69.8 Å². The Kier molecular flexibility index (Phi) is 6.54. The summed E-state index contributed by atoms with van der Waals surface area (Å²) in [5, 5.41) is 4.14. The highest BCUT2D eigenvalue weighted by Crippen LogP contribution is 2.41. The summed E-state index contributed by atoms with van der Waals surface area (Å²) in [4.78, 5) is 29.0. The Morgan fingerprint density at radius 3 is 2.16 bits per heavy atom. The first-order valence-electron chi connectivity index (χ1n) is 9.60. The fourth-order valence-electron chi connectivity index (χ4n) is 3.41. The van der Waals surface area contributed by atoms with Gasteiger partial charge in [-0.3, -0.25) is 9.59 Å². The maximum atomic E-state index is 13.5. The minimum atomic E-state index is -0.505. The molecule has 4 rings (SSSR count). The summed E-state index contributed by atoms with van der Waals surface area (Å²) in [6, 6.07) is 17.7. The SMILES string of the molecule is Cc1cc(C)cc(NC2=C(Sc3ccc(Cl)cc3)C(=O)N(c3cccc(Cl)c3Cl)C2=O)c1. The first kappa shape index (κ1) is 22.7. The van der Waals surface area contributed by atoms with Crippen molar-refractivity contribution in [2.75, 3.05) is 10.2 Å². The number of nitrogens with one attached hydrogen (secondary N) is 1. The van der Waals surface area contributed by atoms with E-state index in [4.69, 9.17) is 34.8 Å². The van der Waals surface area contributed by atoms with Gasteiger partial charge in [0.05, 0.1) is 15.7 Å². The molecule has 3 aromatic carbocycles. The molecule has 4 nitrogen and oxygen atoms in total. The second-order valence-electron chi connectivity index (χ2n) is 7.28. The Morgan fingerprint density at radius 1 is 0.844 bits per heavy atom. The van der Waals surface area contributed by atoms with Gasteiger partial charge in [0.1, 0.15) is 10.6 Å². The standard InChI is InChI=1S/C24H17Cl3N2O2S/c1-13-10-14(2)12-16(11-13)28-21-22(32-17-8-6-15(25)7-9-17)24(31)29(23(21)30)19-5-3-4-18(26)20(19)27/h3-12,28H,1-2H3. The van der Waals surface area contributed by atoms with Crippen LogP contribution in [0.2, 0.25) is 15.1 Å². The van der Waals surface area contributed by atoms with Gasteiger partial charge >= 0.3 is 0 Å². The van der Waals surface area contributed by atoms with Gasteiger partial charge in [0.2, 0.25) is 0 Å². The van der Waals surface area contributed by atoms with Crippen molar-refractivity contribution in [2.24, 2.45) is 0 Å². The van der Waals surface area contributed by atoms with Gasteiger partial charge in [0, 0.05) is 15.6 Å². The van der Waals surface area contributed by atoms with Crippen LogP contribution in [0, 0.1) is 13.8 Å². The van der Waals surface area contributed by atoms with E-state index in [9.17, 15) is 9.59 Å². The molecule has 0 atom stereocenters. The van der Waals surface area contributed by atoms with E-state index >= 15 is 0 Å². The van der Waals surface area contributed by atoms with E-state index < -0.39 is 11.8 Å². The van der Waals surface area contributed by atoms with Crippen LogP contribution in [-0.4, -0.2) is 11.8 Å². The molecule has 0 radical (unpaired) electrons. The lowest BCUT2D eigenvalue weighted by Gasteiger charge is -2.17. The van der Waals surface area contributed by atoms with Crippen LogP contribution in [0.25, 0.3) is 0 Å². The lowest BCUT2D eigenvalue weighted by Crippen LogP contribution is -2.32. The van der Waals surface area contributed by atoms with Crippen molar-refractivity contribution in [3.63, 3.8) is 0 Å². The van der Waals surface area contributed by atoms with E-state index in [1.807, 2.05) is 32.0 Å². The van der Waals surface area contributed by atoms with Gasteiger partial charge in [-0.1, -0.05) is 58.7 Å². The van der Waals surface area contributed by atoms with Gasteiger partial charge in [-0.25, -0.2) is 4.90 Å². The van der Waals surface area contributed by atoms with Crippen LogP contribution in [0.1, 0.15) is 11.1 Å². The molecule has 0 bridgehead atoms. The minimum absolute atomic E-state index is 0.138. The van der Waals surface area contributed by atoms with E-state index in [1.165, 1.54) is 11.8 Å². The molecule has 0 fully saturated rings. The Balaban J connectivity index is 1.79. The fourth-order valence-corrected chi connectivity index (χ4v) is 4.84. The maximum absolute atomic E-state index is 13.5. The van der Waals surface area contributed by atoms with Crippen LogP contribution < -0.4 is 10.2 Å². The lowest BCUT2D eigenvalue weighted by atomic mass is 10.1. The molecule has 1 aliphatic rings. The monoisotopic (exact) mass is 502 g/mol. The van der Waals surface area contributed by atoms with Gasteiger partial charge in [0.25, 0.3) is 11.8 Å². The van der Waals surface area contributed by atoms with Crippen molar-refractivity contribution in [2.45, 2.75) is 18.7 Å². The Hall–Kier alpha value is -2.44. The Bertz CT molecular complexity index is 1250. The van der Waals surface area contributed by atoms with Gasteiger partial charge in [0.15, 0.2) is 0 Å². The van der Waals surface area contributed by atoms with Crippen LogP contribution in [-0.2, 0) is 9.59 Å². The number of thioether (sulfide) groups is 1. The first-order valence-corrected chi connectivity index (χ1v) is 11.6. The van der Waals surface area contributed by atoms with Crippen molar-refractivity contribution in [3.05, 3.63) is 97.5 Å². The van der Waals surface area contributed by atoms with E-state index in [1.54, 1.807) is 42.5 Å².